The highest BCUT2D eigenvalue weighted by molar-refractivity contribution is 6.10. The van der Waals surface area contributed by atoms with Gasteiger partial charge < -0.3 is 14.6 Å². The van der Waals surface area contributed by atoms with E-state index < -0.39 is 5.91 Å². The quantitative estimate of drug-likeness (QED) is 0.328. The second-order valence-corrected chi connectivity index (χ2v) is 7.57. The van der Waals surface area contributed by atoms with Crippen LogP contribution in [0.5, 0.6) is 5.75 Å². The summed E-state index contributed by atoms with van der Waals surface area (Å²) in [4.78, 5) is 12.7. The Bertz CT molecular complexity index is 1340. The van der Waals surface area contributed by atoms with Crippen LogP contribution < -0.4 is 10.1 Å². The zero-order chi connectivity index (χ0) is 22.5. The van der Waals surface area contributed by atoms with E-state index >= 15 is 0 Å². The van der Waals surface area contributed by atoms with Gasteiger partial charge in [0.2, 0.25) is 0 Å². The van der Waals surface area contributed by atoms with Gasteiger partial charge >= 0.3 is 0 Å². The van der Waals surface area contributed by atoms with Crippen LogP contribution in [0.1, 0.15) is 16.7 Å². The molecule has 0 aliphatic rings. The predicted octanol–water partition coefficient (Wildman–Crippen LogP) is 5.55. The molecule has 5 heteroatoms. The maximum absolute atomic E-state index is 12.7. The van der Waals surface area contributed by atoms with Gasteiger partial charge in [0.25, 0.3) is 5.91 Å². The third-order valence-corrected chi connectivity index (χ3v) is 5.27. The minimum atomic E-state index is -0.451. The Labute approximate surface area is 187 Å². The molecule has 0 atom stereocenters. The van der Waals surface area contributed by atoms with Crippen LogP contribution in [0.4, 0.5) is 5.69 Å². The highest BCUT2D eigenvalue weighted by Crippen LogP contribution is 2.25. The summed E-state index contributed by atoms with van der Waals surface area (Å²) in [6, 6.07) is 25.4. The van der Waals surface area contributed by atoms with E-state index in [4.69, 9.17) is 4.74 Å². The number of fused-ring (bicyclic) bond motifs is 1. The average molecular weight is 422 g/mol. The zero-order valence-corrected chi connectivity index (χ0v) is 18.0. The molecule has 4 rings (SSSR count). The van der Waals surface area contributed by atoms with Crippen LogP contribution in [-0.4, -0.2) is 17.6 Å². The summed E-state index contributed by atoms with van der Waals surface area (Å²) in [6.45, 7) is 2.78. The maximum atomic E-state index is 12.7. The van der Waals surface area contributed by atoms with Crippen molar-refractivity contribution in [3.63, 3.8) is 0 Å². The second-order valence-electron chi connectivity index (χ2n) is 7.57. The van der Waals surface area contributed by atoms with E-state index in [0.717, 1.165) is 16.5 Å². The Balaban J connectivity index is 1.65. The molecule has 1 aromatic heterocycles. The molecule has 0 aliphatic heterocycles. The predicted molar refractivity (Wildman–Crippen MR) is 127 cm³/mol. The van der Waals surface area contributed by atoms with Gasteiger partial charge in [-0.1, -0.05) is 48.0 Å². The van der Waals surface area contributed by atoms with Crippen LogP contribution in [0.15, 0.2) is 84.6 Å². The Morgan fingerprint density at radius 1 is 1.09 bits per heavy atom. The monoisotopic (exact) mass is 421 g/mol. The fourth-order valence-corrected chi connectivity index (χ4v) is 3.71. The highest BCUT2D eigenvalue weighted by Gasteiger charge is 2.13. The molecule has 1 amide bonds. The van der Waals surface area contributed by atoms with Crippen molar-refractivity contribution in [3.8, 4) is 11.8 Å². The number of aryl methyl sites for hydroxylation is 1. The van der Waals surface area contributed by atoms with Crippen LogP contribution >= 0.6 is 0 Å². The summed E-state index contributed by atoms with van der Waals surface area (Å²) in [6.07, 6.45) is 3.64. The molecule has 0 spiro atoms. The number of carbonyl (C=O) groups excluding carboxylic acids is 1. The summed E-state index contributed by atoms with van der Waals surface area (Å²) in [5, 5.41) is 13.4. The van der Waals surface area contributed by atoms with E-state index in [1.54, 1.807) is 37.5 Å². The number of aromatic nitrogens is 1. The third-order valence-electron chi connectivity index (χ3n) is 5.27. The lowest BCUT2D eigenvalue weighted by Crippen LogP contribution is -2.13. The first-order valence-corrected chi connectivity index (χ1v) is 10.3. The van der Waals surface area contributed by atoms with Crippen LogP contribution in [0, 0.1) is 18.3 Å². The Hall–Kier alpha value is -4.30. The average Bonchev–Trinajstić information content (AvgIpc) is 3.15. The number of hydrogen-bond donors (Lipinski definition) is 1. The normalized spacial score (nSPS) is 11.2. The highest BCUT2D eigenvalue weighted by atomic mass is 16.5. The Kier molecular flexibility index (Phi) is 6.05. The van der Waals surface area contributed by atoms with Gasteiger partial charge in [-0.2, -0.15) is 5.26 Å². The molecule has 0 fully saturated rings. The molecule has 0 saturated heterocycles. The minimum absolute atomic E-state index is 0.0410. The molecule has 0 aliphatic carbocycles. The van der Waals surface area contributed by atoms with Crippen LogP contribution in [0.3, 0.4) is 0 Å². The molecule has 158 valence electrons. The number of benzene rings is 3. The SMILES string of the molecule is COc1ccc(NC(=O)/C(C#N)=C/c2cn(Cc3cccc(C)c3)c3ccccc23)cc1. The van der Waals surface area contributed by atoms with E-state index in [1.807, 2.05) is 36.5 Å². The lowest BCUT2D eigenvalue weighted by Gasteiger charge is -2.06. The van der Waals surface area contributed by atoms with E-state index in [9.17, 15) is 10.1 Å². The summed E-state index contributed by atoms with van der Waals surface area (Å²) in [5.41, 5.74) is 4.92. The molecular formula is C27H23N3O2. The maximum Gasteiger partial charge on any atom is 0.266 e. The molecule has 0 bridgehead atoms. The number of amides is 1. The number of nitriles is 1. The van der Waals surface area contributed by atoms with Gasteiger partial charge in [0.05, 0.1) is 7.11 Å². The molecule has 4 aromatic rings. The van der Waals surface area contributed by atoms with Crippen LogP contribution in [-0.2, 0) is 11.3 Å². The van der Waals surface area contributed by atoms with Crippen LogP contribution in [0.25, 0.3) is 17.0 Å². The second kappa shape index (κ2) is 9.23. The zero-order valence-electron chi connectivity index (χ0n) is 18.0. The van der Waals surface area contributed by atoms with E-state index in [2.05, 4.69) is 41.1 Å². The largest absolute Gasteiger partial charge is 0.497 e. The number of hydrogen-bond acceptors (Lipinski definition) is 3. The first kappa shape index (κ1) is 21.0. The number of carbonyl (C=O) groups is 1. The van der Waals surface area contributed by atoms with E-state index in [1.165, 1.54) is 11.1 Å². The smallest absolute Gasteiger partial charge is 0.266 e. The van der Waals surface area contributed by atoms with Crippen molar-refractivity contribution in [1.29, 1.82) is 5.26 Å². The lowest BCUT2D eigenvalue weighted by molar-refractivity contribution is -0.112. The third kappa shape index (κ3) is 4.55. The van der Waals surface area contributed by atoms with Crippen molar-refractivity contribution in [2.24, 2.45) is 0 Å². The first-order chi connectivity index (χ1) is 15.6. The van der Waals surface area contributed by atoms with Gasteiger partial charge in [0.1, 0.15) is 17.4 Å². The van der Waals surface area contributed by atoms with Crippen molar-refractivity contribution in [2.75, 3.05) is 12.4 Å². The van der Waals surface area contributed by atoms with Crippen molar-refractivity contribution >= 4 is 28.6 Å². The summed E-state index contributed by atoms with van der Waals surface area (Å²) >= 11 is 0. The van der Waals surface area contributed by atoms with Crippen molar-refractivity contribution in [2.45, 2.75) is 13.5 Å². The van der Waals surface area contributed by atoms with Crippen molar-refractivity contribution in [1.82, 2.24) is 4.57 Å². The molecule has 3 aromatic carbocycles. The van der Waals surface area contributed by atoms with Crippen molar-refractivity contribution < 1.29 is 9.53 Å². The first-order valence-electron chi connectivity index (χ1n) is 10.3. The number of nitrogens with one attached hydrogen (secondary N) is 1. The molecule has 1 N–H and O–H groups in total. The Morgan fingerprint density at radius 3 is 2.59 bits per heavy atom. The van der Waals surface area contributed by atoms with E-state index in [0.29, 0.717) is 18.0 Å². The molecule has 0 radical (unpaired) electrons. The van der Waals surface area contributed by atoms with Gasteiger partial charge in [-0.3, -0.25) is 4.79 Å². The number of para-hydroxylation sites is 1. The lowest BCUT2D eigenvalue weighted by atomic mass is 10.1. The van der Waals surface area contributed by atoms with Gasteiger partial charge in [-0.05, 0) is 48.9 Å². The molecule has 5 nitrogen and oxygen atoms in total. The fourth-order valence-electron chi connectivity index (χ4n) is 3.71. The van der Waals surface area contributed by atoms with Crippen LogP contribution in [0.2, 0.25) is 0 Å². The molecular weight excluding hydrogens is 398 g/mol. The number of nitrogens with zero attached hydrogens (tertiary/aromatic N) is 2. The summed E-state index contributed by atoms with van der Waals surface area (Å²) < 4.78 is 7.28. The van der Waals surface area contributed by atoms with Crippen molar-refractivity contribution in [3.05, 3.63) is 101 Å². The molecule has 32 heavy (non-hydrogen) atoms. The standard InChI is InChI=1S/C27H23N3O2/c1-19-6-5-7-20(14-19)17-30-18-22(25-8-3-4-9-26(25)30)15-21(16-28)27(31)29-23-10-12-24(32-2)13-11-23/h3-15,18H,17H2,1-2H3,(H,29,31)/b21-15+. The molecule has 0 saturated carbocycles. The Morgan fingerprint density at radius 2 is 1.88 bits per heavy atom. The van der Waals surface area contributed by atoms with Gasteiger partial charge in [-0.15, -0.1) is 0 Å². The number of rotatable bonds is 6. The van der Waals surface area contributed by atoms with Gasteiger partial charge in [0.15, 0.2) is 0 Å². The van der Waals surface area contributed by atoms with E-state index in [-0.39, 0.29) is 5.57 Å². The summed E-state index contributed by atoms with van der Waals surface area (Å²) in [7, 11) is 1.58. The number of methoxy groups -OCH3 is 1. The number of ether oxygens (including phenoxy) is 1. The van der Waals surface area contributed by atoms with Gasteiger partial charge in [0, 0.05) is 34.9 Å². The molecule has 1 heterocycles. The molecule has 0 unspecified atom stereocenters. The topological polar surface area (TPSA) is 67.0 Å². The minimum Gasteiger partial charge on any atom is -0.497 e. The van der Waals surface area contributed by atoms with Gasteiger partial charge in [-0.25, -0.2) is 0 Å². The fraction of sp³-hybridized carbons (Fsp3) is 0.111. The summed E-state index contributed by atoms with van der Waals surface area (Å²) in [5.74, 6) is 0.244. The number of anilines is 1.